The number of ether oxygens (including phenoxy) is 1. The third-order valence-corrected chi connectivity index (χ3v) is 4.40. The number of rotatable bonds is 6. The Morgan fingerprint density at radius 2 is 1.84 bits per heavy atom. The van der Waals surface area contributed by atoms with E-state index in [9.17, 15) is 32.9 Å². The first-order valence-electron chi connectivity index (χ1n) is 8.73. The Morgan fingerprint density at radius 1 is 1.12 bits per heavy atom. The summed E-state index contributed by atoms with van der Waals surface area (Å²) in [6.45, 7) is -0.921. The van der Waals surface area contributed by atoms with Crippen molar-refractivity contribution >= 4 is 34.9 Å². The van der Waals surface area contributed by atoms with E-state index in [1.165, 1.54) is 12.1 Å². The number of anilines is 1. The second-order valence-electron chi connectivity index (χ2n) is 6.25. The minimum atomic E-state index is -4.96. The number of alkyl halides is 3. The Morgan fingerprint density at radius 3 is 2.50 bits per heavy atom. The van der Waals surface area contributed by atoms with Gasteiger partial charge in [0.15, 0.2) is 6.61 Å². The summed E-state index contributed by atoms with van der Waals surface area (Å²) < 4.78 is 49.6. The van der Waals surface area contributed by atoms with Gasteiger partial charge in [0.05, 0.1) is 21.2 Å². The van der Waals surface area contributed by atoms with Gasteiger partial charge in [-0.15, -0.1) is 0 Å². The number of nitro benzene ring substituents is 1. The summed E-state index contributed by atoms with van der Waals surface area (Å²) in [7, 11) is 0. The summed E-state index contributed by atoms with van der Waals surface area (Å²) in [5, 5.41) is 13.0. The minimum absolute atomic E-state index is 0.251. The summed E-state index contributed by atoms with van der Waals surface area (Å²) in [5.74, 6) is -2.10. The number of carbonyl (C=O) groups excluding carboxylic acids is 2. The quantitative estimate of drug-likeness (QED) is 0.297. The van der Waals surface area contributed by atoms with Crippen LogP contribution in [0.4, 0.5) is 24.5 Å². The molecule has 1 heterocycles. The van der Waals surface area contributed by atoms with Crippen molar-refractivity contribution in [3.8, 4) is 11.3 Å². The molecule has 0 atom stereocenters. The predicted octanol–water partition coefficient (Wildman–Crippen LogP) is 5.32. The van der Waals surface area contributed by atoms with Crippen LogP contribution in [0.25, 0.3) is 11.3 Å². The molecule has 8 nitrogen and oxygen atoms in total. The number of nitrogens with zero attached hydrogens (tertiary/aromatic N) is 1. The molecule has 0 fully saturated rings. The zero-order valence-electron chi connectivity index (χ0n) is 15.8. The van der Waals surface area contributed by atoms with Crippen LogP contribution in [0.15, 0.2) is 59.0 Å². The zero-order chi connectivity index (χ0) is 23.5. The smallest absolute Gasteiger partial charge is 0.418 e. The van der Waals surface area contributed by atoms with Crippen LogP contribution in [-0.4, -0.2) is 23.4 Å². The Kier molecular flexibility index (Phi) is 6.49. The van der Waals surface area contributed by atoms with Crippen molar-refractivity contribution in [2.45, 2.75) is 6.18 Å². The number of benzene rings is 2. The molecule has 0 radical (unpaired) electrons. The van der Waals surface area contributed by atoms with Crippen LogP contribution in [0, 0.1) is 10.1 Å². The van der Waals surface area contributed by atoms with E-state index in [1.807, 2.05) is 5.32 Å². The molecule has 2 aromatic carbocycles. The average Bonchev–Trinajstić information content (AvgIpc) is 3.21. The van der Waals surface area contributed by atoms with E-state index in [0.29, 0.717) is 16.7 Å². The second kappa shape index (κ2) is 9.10. The summed E-state index contributed by atoms with van der Waals surface area (Å²) >= 11 is 6.05. The molecule has 1 N–H and O–H groups in total. The number of furan rings is 1. The van der Waals surface area contributed by atoms with E-state index < -0.39 is 46.5 Å². The number of nitro groups is 1. The number of hydrogen-bond acceptors (Lipinski definition) is 6. The standard InChI is InChI=1S/C20H12ClF3N2O6/c21-14-4-2-1-3-12(14)16-7-8-17(32-16)19(28)31-10-18(27)25-15-6-5-11(26(29)30)9-13(15)20(22,23)24/h1-9H,10H2,(H,25,27). The zero-order valence-corrected chi connectivity index (χ0v) is 16.6. The number of amides is 1. The Bertz CT molecular complexity index is 1190. The van der Waals surface area contributed by atoms with Gasteiger partial charge in [0.2, 0.25) is 5.76 Å². The van der Waals surface area contributed by atoms with Gasteiger partial charge in [0, 0.05) is 17.7 Å². The van der Waals surface area contributed by atoms with Crippen molar-refractivity contribution in [3.05, 3.63) is 81.1 Å². The van der Waals surface area contributed by atoms with Gasteiger partial charge in [0.1, 0.15) is 5.76 Å². The molecule has 0 saturated carbocycles. The van der Waals surface area contributed by atoms with Crippen molar-refractivity contribution in [1.82, 2.24) is 0 Å². The summed E-state index contributed by atoms with van der Waals surface area (Å²) in [6.07, 6.45) is -4.96. The number of nitrogens with one attached hydrogen (secondary N) is 1. The largest absolute Gasteiger partial charge is 0.450 e. The fraction of sp³-hybridized carbons (Fsp3) is 0.100. The SMILES string of the molecule is O=C(COC(=O)c1ccc(-c2ccccc2Cl)o1)Nc1ccc([N+](=O)[O-])cc1C(F)(F)F. The normalized spacial score (nSPS) is 11.1. The molecule has 12 heteroatoms. The molecule has 3 aromatic rings. The average molecular weight is 469 g/mol. The Balaban J connectivity index is 1.66. The van der Waals surface area contributed by atoms with Gasteiger partial charge >= 0.3 is 12.1 Å². The molecule has 0 bridgehead atoms. The van der Waals surface area contributed by atoms with Gasteiger partial charge < -0.3 is 14.5 Å². The van der Waals surface area contributed by atoms with Crippen LogP contribution in [0.2, 0.25) is 5.02 Å². The lowest BCUT2D eigenvalue weighted by molar-refractivity contribution is -0.385. The molecule has 1 amide bonds. The van der Waals surface area contributed by atoms with E-state index in [4.69, 9.17) is 20.8 Å². The molecule has 0 aliphatic rings. The topological polar surface area (TPSA) is 112 Å². The highest BCUT2D eigenvalue weighted by Gasteiger charge is 2.35. The van der Waals surface area contributed by atoms with Crippen LogP contribution in [-0.2, 0) is 15.7 Å². The summed E-state index contributed by atoms with van der Waals surface area (Å²) in [5.41, 5.74) is -2.41. The first kappa shape index (κ1) is 22.8. The molecule has 0 saturated heterocycles. The highest BCUT2D eigenvalue weighted by Crippen LogP contribution is 2.37. The highest BCUT2D eigenvalue weighted by molar-refractivity contribution is 6.33. The van der Waals surface area contributed by atoms with Crippen molar-refractivity contribution in [1.29, 1.82) is 0 Å². The molecule has 3 rings (SSSR count). The first-order valence-corrected chi connectivity index (χ1v) is 9.11. The summed E-state index contributed by atoms with van der Waals surface area (Å²) in [4.78, 5) is 33.8. The van der Waals surface area contributed by atoms with Crippen LogP contribution >= 0.6 is 11.6 Å². The lowest BCUT2D eigenvalue weighted by atomic mass is 10.1. The second-order valence-corrected chi connectivity index (χ2v) is 6.66. The van der Waals surface area contributed by atoms with Crippen LogP contribution in [0.1, 0.15) is 16.1 Å². The minimum Gasteiger partial charge on any atom is -0.450 e. The molecule has 0 unspecified atom stereocenters. The van der Waals surface area contributed by atoms with E-state index >= 15 is 0 Å². The fourth-order valence-electron chi connectivity index (χ4n) is 2.63. The van der Waals surface area contributed by atoms with Gasteiger partial charge in [-0.2, -0.15) is 13.2 Å². The van der Waals surface area contributed by atoms with Crippen LogP contribution < -0.4 is 5.32 Å². The summed E-state index contributed by atoms with van der Waals surface area (Å²) in [6, 6.07) is 11.3. The van der Waals surface area contributed by atoms with E-state index in [0.717, 1.165) is 12.1 Å². The number of hydrogen-bond donors (Lipinski definition) is 1. The van der Waals surface area contributed by atoms with Gasteiger partial charge in [-0.25, -0.2) is 4.79 Å². The molecule has 32 heavy (non-hydrogen) atoms. The molecule has 0 aliphatic carbocycles. The number of carbonyl (C=O) groups is 2. The van der Waals surface area contributed by atoms with Gasteiger partial charge in [0.25, 0.3) is 11.6 Å². The Hall–Kier alpha value is -3.86. The lowest BCUT2D eigenvalue weighted by Crippen LogP contribution is -2.22. The Labute approximate surface area is 182 Å². The fourth-order valence-corrected chi connectivity index (χ4v) is 2.86. The number of esters is 1. The third kappa shape index (κ3) is 5.24. The van der Waals surface area contributed by atoms with Gasteiger partial charge in [-0.3, -0.25) is 14.9 Å². The highest BCUT2D eigenvalue weighted by atomic mass is 35.5. The maximum atomic E-state index is 13.2. The number of non-ortho nitro benzene ring substituents is 1. The molecule has 1 aromatic heterocycles. The van der Waals surface area contributed by atoms with E-state index in [-0.39, 0.29) is 11.5 Å². The first-order chi connectivity index (χ1) is 15.1. The predicted molar refractivity (Wildman–Crippen MR) is 106 cm³/mol. The maximum absolute atomic E-state index is 13.2. The van der Waals surface area contributed by atoms with Crippen LogP contribution in [0.5, 0.6) is 0 Å². The molecule has 0 spiro atoms. The molecular formula is C20H12ClF3N2O6. The lowest BCUT2D eigenvalue weighted by Gasteiger charge is -2.13. The van der Waals surface area contributed by atoms with Crippen LogP contribution in [0.3, 0.4) is 0 Å². The van der Waals surface area contributed by atoms with E-state index in [1.54, 1.807) is 24.3 Å². The molecule has 0 aliphatic heterocycles. The monoisotopic (exact) mass is 468 g/mol. The molecule has 166 valence electrons. The van der Waals surface area contributed by atoms with Crippen molar-refractivity contribution in [2.24, 2.45) is 0 Å². The van der Waals surface area contributed by atoms with Gasteiger partial charge in [-0.1, -0.05) is 23.7 Å². The van der Waals surface area contributed by atoms with Crippen molar-refractivity contribution < 1.29 is 36.8 Å². The van der Waals surface area contributed by atoms with E-state index in [2.05, 4.69) is 0 Å². The maximum Gasteiger partial charge on any atom is 0.418 e. The van der Waals surface area contributed by atoms with Crippen molar-refractivity contribution in [2.75, 3.05) is 11.9 Å². The van der Waals surface area contributed by atoms with Gasteiger partial charge in [-0.05, 0) is 30.3 Å². The molecular weight excluding hydrogens is 457 g/mol. The number of halogens is 4. The third-order valence-electron chi connectivity index (χ3n) is 4.07. The van der Waals surface area contributed by atoms with Crippen molar-refractivity contribution in [3.63, 3.8) is 0 Å².